The number of rotatable bonds is 7. The molecule has 8 nitrogen and oxygen atoms in total. The zero-order chi connectivity index (χ0) is 20.6. The number of nitrogens with zero attached hydrogens (tertiary/aromatic N) is 5. The number of anilines is 2. The van der Waals surface area contributed by atoms with E-state index in [1.807, 2.05) is 6.20 Å². The molecule has 0 saturated carbocycles. The summed E-state index contributed by atoms with van der Waals surface area (Å²) in [6.45, 7) is 9.30. The molecule has 8 heteroatoms. The number of piperidine rings is 2. The van der Waals surface area contributed by atoms with Gasteiger partial charge in [-0.05, 0) is 51.7 Å². The van der Waals surface area contributed by atoms with E-state index in [0.717, 1.165) is 83.3 Å². The molecule has 1 amide bonds. The highest BCUT2D eigenvalue weighted by molar-refractivity contribution is 5.79. The molecule has 0 bridgehead atoms. The molecular weight excluding hydrogens is 380 g/mol. The van der Waals surface area contributed by atoms with Crippen molar-refractivity contribution in [2.24, 2.45) is 5.92 Å². The fraction of sp³-hybridized carbons (Fsp3) is 0.773. The van der Waals surface area contributed by atoms with Gasteiger partial charge in [0.2, 0.25) is 5.91 Å². The van der Waals surface area contributed by atoms with Gasteiger partial charge in [0.25, 0.3) is 0 Å². The van der Waals surface area contributed by atoms with Crippen molar-refractivity contribution in [1.82, 2.24) is 20.2 Å². The lowest BCUT2D eigenvalue weighted by Crippen LogP contribution is -2.43. The minimum Gasteiger partial charge on any atom is -0.378 e. The van der Waals surface area contributed by atoms with Gasteiger partial charge in [0.1, 0.15) is 6.33 Å². The average molecular weight is 417 g/mol. The average Bonchev–Trinajstić information content (AvgIpc) is 2.83. The van der Waals surface area contributed by atoms with Gasteiger partial charge >= 0.3 is 0 Å². The van der Waals surface area contributed by atoms with Gasteiger partial charge in [0, 0.05) is 38.6 Å². The fourth-order valence-corrected chi connectivity index (χ4v) is 4.78. The van der Waals surface area contributed by atoms with Crippen molar-refractivity contribution in [2.75, 3.05) is 75.4 Å². The van der Waals surface area contributed by atoms with E-state index in [4.69, 9.17) is 4.74 Å². The second-order valence-electron chi connectivity index (χ2n) is 8.64. The van der Waals surface area contributed by atoms with Crippen molar-refractivity contribution in [3.63, 3.8) is 0 Å². The standard InChI is InChI=1S/C22H36N6O2/c29-22(24-7-4-10-26-8-2-1-3-9-26)19-5-11-27(12-6-19)20-17-23-18-25-21(20)28-13-15-30-16-14-28/h17-19H,1-16H2,(H,24,29). The fourth-order valence-electron chi connectivity index (χ4n) is 4.78. The smallest absolute Gasteiger partial charge is 0.223 e. The van der Waals surface area contributed by atoms with Gasteiger partial charge in [-0.25, -0.2) is 9.97 Å². The van der Waals surface area contributed by atoms with Gasteiger partial charge in [0.15, 0.2) is 5.82 Å². The van der Waals surface area contributed by atoms with Gasteiger partial charge in [-0.3, -0.25) is 4.79 Å². The van der Waals surface area contributed by atoms with Crippen molar-refractivity contribution >= 4 is 17.4 Å². The van der Waals surface area contributed by atoms with Crippen LogP contribution < -0.4 is 15.1 Å². The van der Waals surface area contributed by atoms with Crippen LogP contribution in [0.3, 0.4) is 0 Å². The molecule has 1 N–H and O–H groups in total. The van der Waals surface area contributed by atoms with Crippen LogP contribution in [0.2, 0.25) is 0 Å². The maximum Gasteiger partial charge on any atom is 0.223 e. The van der Waals surface area contributed by atoms with E-state index < -0.39 is 0 Å². The largest absolute Gasteiger partial charge is 0.378 e. The first-order valence-corrected chi connectivity index (χ1v) is 11.7. The minimum absolute atomic E-state index is 0.118. The maximum atomic E-state index is 12.6. The molecule has 30 heavy (non-hydrogen) atoms. The van der Waals surface area contributed by atoms with Crippen LogP contribution in [0, 0.1) is 5.92 Å². The second-order valence-corrected chi connectivity index (χ2v) is 8.64. The van der Waals surface area contributed by atoms with E-state index in [2.05, 4.69) is 30.0 Å². The summed E-state index contributed by atoms with van der Waals surface area (Å²) in [6.07, 6.45) is 10.4. The molecule has 0 aliphatic carbocycles. The van der Waals surface area contributed by atoms with Gasteiger partial charge in [-0.2, -0.15) is 0 Å². The number of aromatic nitrogens is 2. The van der Waals surface area contributed by atoms with Gasteiger partial charge in [-0.15, -0.1) is 0 Å². The predicted molar refractivity (Wildman–Crippen MR) is 118 cm³/mol. The van der Waals surface area contributed by atoms with E-state index in [9.17, 15) is 4.79 Å². The Kier molecular flexibility index (Phi) is 7.75. The number of hydrogen-bond donors (Lipinski definition) is 1. The normalized spacial score (nSPS) is 21.6. The van der Waals surface area contributed by atoms with Crippen LogP contribution in [0.5, 0.6) is 0 Å². The number of amides is 1. The number of carbonyl (C=O) groups is 1. The molecule has 4 rings (SSSR count). The summed E-state index contributed by atoms with van der Waals surface area (Å²) >= 11 is 0. The molecule has 3 saturated heterocycles. The van der Waals surface area contributed by atoms with Crippen molar-refractivity contribution in [3.8, 4) is 0 Å². The third-order valence-corrected chi connectivity index (χ3v) is 6.59. The molecule has 0 unspecified atom stereocenters. The zero-order valence-electron chi connectivity index (χ0n) is 18.1. The molecule has 3 fully saturated rings. The summed E-state index contributed by atoms with van der Waals surface area (Å²) in [5.74, 6) is 1.34. The van der Waals surface area contributed by atoms with Crippen molar-refractivity contribution < 1.29 is 9.53 Å². The molecule has 0 aromatic carbocycles. The quantitative estimate of drug-likeness (QED) is 0.676. The Hall–Kier alpha value is -1.93. The lowest BCUT2D eigenvalue weighted by molar-refractivity contribution is -0.125. The second kappa shape index (κ2) is 10.9. The number of hydrogen-bond acceptors (Lipinski definition) is 7. The summed E-state index contributed by atoms with van der Waals surface area (Å²) in [5, 5.41) is 3.18. The molecule has 1 aromatic heterocycles. The predicted octanol–water partition coefficient (Wildman–Crippen LogP) is 1.52. The van der Waals surface area contributed by atoms with Crippen molar-refractivity contribution in [1.29, 1.82) is 0 Å². The summed E-state index contributed by atoms with van der Waals surface area (Å²) in [6, 6.07) is 0. The Morgan fingerprint density at radius 1 is 1.03 bits per heavy atom. The van der Waals surface area contributed by atoms with E-state index in [-0.39, 0.29) is 11.8 Å². The van der Waals surface area contributed by atoms with Crippen LogP contribution in [-0.2, 0) is 9.53 Å². The number of ether oxygens (including phenoxy) is 1. The Bertz CT molecular complexity index is 667. The molecule has 0 radical (unpaired) electrons. The number of morpholine rings is 1. The first-order chi connectivity index (χ1) is 14.8. The SMILES string of the molecule is O=C(NCCCN1CCCCC1)C1CCN(c2cncnc2N2CCOCC2)CC1. The van der Waals surface area contributed by atoms with E-state index in [1.54, 1.807) is 6.33 Å². The molecule has 4 heterocycles. The van der Waals surface area contributed by atoms with E-state index in [1.165, 1.54) is 32.4 Å². The summed E-state index contributed by atoms with van der Waals surface area (Å²) in [4.78, 5) is 28.6. The number of nitrogens with one attached hydrogen (secondary N) is 1. The van der Waals surface area contributed by atoms with Crippen LogP contribution in [0.25, 0.3) is 0 Å². The Balaban J connectivity index is 1.21. The molecule has 1 aromatic rings. The maximum absolute atomic E-state index is 12.6. The van der Waals surface area contributed by atoms with Gasteiger partial charge in [0.05, 0.1) is 25.1 Å². The highest BCUT2D eigenvalue weighted by Gasteiger charge is 2.27. The number of carbonyl (C=O) groups excluding carboxylic acids is 1. The molecule has 166 valence electrons. The van der Waals surface area contributed by atoms with E-state index >= 15 is 0 Å². The Labute approximate surface area is 180 Å². The Morgan fingerprint density at radius 3 is 2.57 bits per heavy atom. The third kappa shape index (κ3) is 5.60. The number of likely N-dealkylation sites (tertiary alicyclic amines) is 1. The van der Waals surface area contributed by atoms with Crippen molar-refractivity contribution in [3.05, 3.63) is 12.5 Å². The zero-order valence-corrected chi connectivity index (χ0v) is 18.1. The lowest BCUT2D eigenvalue weighted by atomic mass is 9.95. The first kappa shape index (κ1) is 21.3. The Morgan fingerprint density at radius 2 is 1.80 bits per heavy atom. The highest BCUT2D eigenvalue weighted by atomic mass is 16.5. The molecule has 0 atom stereocenters. The monoisotopic (exact) mass is 416 g/mol. The van der Waals surface area contributed by atoms with Gasteiger partial charge in [-0.1, -0.05) is 6.42 Å². The molecule has 3 aliphatic rings. The lowest BCUT2D eigenvalue weighted by Gasteiger charge is -2.36. The molecular formula is C22H36N6O2. The van der Waals surface area contributed by atoms with Gasteiger partial charge < -0.3 is 24.8 Å². The molecule has 3 aliphatic heterocycles. The minimum atomic E-state index is 0.118. The summed E-state index contributed by atoms with van der Waals surface area (Å²) < 4.78 is 5.48. The van der Waals surface area contributed by atoms with Crippen LogP contribution in [-0.4, -0.2) is 86.3 Å². The van der Waals surface area contributed by atoms with Crippen molar-refractivity contribution in [2.45, 2.75) is 38.5 Å². The van der Waals surface area contributed by atoms with Crippen LogP contribution in [0.4, 0.5) is 11.5 Å². The third-order valence-electron chi connectivity index (χ3n) is 6.59. The van der Waals surface area contributed by atoms with Crippen LogP contribution >= 0.6 is 0 Å². The van der Waals surface area contributed by atoms with Crippen LogP contribution in [0.15, 0.2) is 12.5 Å². The topological polar surface area (TPSA) is 73.8 Å². The summed E-state index contributed by atoms with van der Waals surface area (Å²) in [7, 11) is 0. The highest BCUT2D eigenvalue weighted by Crippen LogP contribution is 2.30. The molecule has 0 spiro atoms. The van der Waals surface area contributed by atoms with E-state index in [0.29, 0.717) is 0 Å². The summed E-state index contributed by atoms with van der Waals surface area (Å²) in [5.41, 5.74) is 1.08. The first-order valence-electron chi connectivity index (χ1n) is 11.7. The van der Waals surface area contributed by atoms with Crippen LogP contribution in [0.1, 0.15) is 38.5 Å².